The zero-order valence-electron chi connectivity index (χ0n) is 21.6. The van der Waals surface area contributed by atoms with E-state index in [-0.39, 0.29) is 25.3 Å². The molecule has 9 nitrogen and oxygen atoms in total. The van der Waals surface area contributed by atoms with Crippen molar-refractivity contribution in [1.82, 2.24) is 24.4 Å². The van der Waals surface area contributed by atoms with E-state index in [4.69, 9.17) is 0 Å². The SMILES string of the molecule is CC(=O)c1cn(CC(=O)N2C[C@H](F)C[C@H]2C(=O)Nc2cccc(Br)n2)c2c(C)cc(-c3cnc(C)nc3)cc12. The number of ketones is 1. The molecule has 39 heavy (non-hydrogen) atoms. The van der Waals surface area contributed by atoms with Gasteiger partial charge in [0.05, 0.1) is 12.1 Å². The summed E-state index contributed by atoms with van der Waals surface area (Å²) in [4.78, 5) is 53.0. The Morgan fingerprint density at radius 1 is 1.13 bits per heavy atom. The molecule has 3 aromatic heterocycles. The van der Waals surface area contributed by atoms with E-state index < -0.39 is 24.0 Å². The number of hydrogen-bond acceptors (Lipinski definition) is 6. The molecular formula is C28H26BrFN6O3. The van der Waals surface area contributed by atoms with E-state index in [1.165, 1.54) is 11.8 Å². The van der Waals surface area contributed by atoms with Crippen molar-refractivity contribution in [2.24, 2.45) is 0 Å². The van der Waals surface area contributed by atoms with Crippen LogP contribution in [0.2, 0.25) is 0 Å². The Balaban J connectivity index is 1.44. The molecule has 0 unspecified atom stereocenters. The quantitative estimate of drug-likeness (QED) is 0.258. The predicted octanol–water partition coefficient (Wildman–Crippen LogP) is 4.65. The van der Waals surface area contributed by atoms with Gasteiger partial charge in [-0.1, -0.05) is 6.07 Å². The first-order valence-corrected chi connectivity index (χ1v) is 13.2. The van der Waals surface area contributed by atoms with Gasteiger partial charge in [0.15, 0.2) is 5.78 Å². The molecule has 11 heteroatoms. The Bertz CT molecular complexity index is 1600. The van der Waals surface area contributed by atoms with Crippen molar-refractivity contribution in [2.45, 2.75) is 46.0 Å². The van der Waals surface area contributed by atoms with Crippen LogP contribution in [-0.4, -0.2) is 60.8 Å². The van der Waals surface area contributed by atoms with Gasteiger partial charge in [-0.2, -0.15) is 0 Å². The number of anilines is 1. The summed E-state index contributed by atoms with van der Waals surface area (Å²) in [7, 11) is 0. The van der Waals surface area contributed by atoms with Gasteiger partial charge in [0.2, 0.25) is 11.8 Å². The first-order chi connectivity index (χ1) is 18.6. The summed E-state index contributed by atoms with van der Waals surface area (Å²) in [6.07, 6.45) is 3.68. The van der Waals surface area contributed by atoms with E-state index in [2.05, 4.69) is 36.2 Å². The second-order valence-corrected chi connectivity index (χ2v) is 10.5. The molecule has 0 bridgehead atoms. The van der Waals surface area contributed by atoms with Crippen LogP contribution >= 0.6 is 15.9 Å². The lowest BCUT2D eigenvalue weighted by Gasteiger charge is -2.24. The Morgan fingerprint density at radius 2 is 1.87 bits per heavy atom. The third-order valence-electron chi connectivity index (χ3n) is 6.80. The van der Waals surface area contributed by atoms with Crippen LogP contribution in [0.4, 0.5) is 10.2 Å². The van der Waals surface area contributed by atoms with Crippen LogP contribution < -0.4 is 5.32 Å². The zero-order chi connectivity index (χ0) is 27.8. The number of carbonyl (C=O) groups excluding carboxylic acids is 3. The molecule has 0 aliphatic carbocycles. The highest BCUT2D eigenvalue weighted by Gasteiger charge is 2.40. The Hall–Kier alpha value is -3.99. The van der Waals surface area contributed by atoms with E-state index in [9.17, 15) is 18.8 Å². The molecule has 1 fully saturated rings. The van der Waals surface area contributed by atoms with Crippen molar-refractivity contribution in [1.29, 1.82) is 0 Å². The summed E-state index contributed by atoms with van der Waals surface area (Å²) in [6, 6.07) is 7.92. The number of carbonyl (C=O) groups is 3. The van der Waals surface area contributed by atoms with Crippen molar-refractivity contribution in [2.75, 3.05) is 11.9 Å². The normalized spacial score (nSPS) is 17.0. The topological polar surface area (TPSA) is 110 Å². The molecule has 0 radical (unpaired) electrons. The van der Waals surface area contributed by atoms with Gasteiger partial charge in [-0.15, -0.1) is 0 Å². The molecule has 1 N–H and O–H groups in total. The summed E-state index contributed by atoms with van der Waals surface area (Å²) in [5.74, 6) is -0.108. The molecule has 2 amide bonds. The van der Waals surface area contributed by atoms with Crippen LogP contribution in [0, 0.1) is 13.8 Å². The maximum absolute atomic E-state index is 14.5. The molecule has 4 aromatic rings. The number of pyridine rings is 1. The minimum absolute atomic E-state index is 0.0995. The number of Topliss-reactive ketones (excluding diaryl/α,β-unsaturated/α-hetero) is 1. The third kappa shape index (κ3) is 5.44. The fourth-order valence-electron chi connectivity index (χ4n) is 5.00. The molecular weight excluding hydrogens is 567 g/mol. The van der Waals surface area contributed by atoms with Crippen LogP contribution in [-0.2, 0) is 16.1 Å². The maximum atomic E-state index is 14.5. The van der Waals surface area contributed by atoms with Gasteiger partial charge >= 0.3 is 0 Å². The standard InChI is InChI=1S/C28H26BrFN6O3/c1-15-7-18(19-10-31-17(3)32-11-19)8-21-22(16(2)37)13-35(27(15)21)14-26(38)36-12-20(30)9-23(36)28(39)34-25-6-4-5-24(29)33-25/h4-8,10-11,13,20,23H,9,12,14H2,1-3H3,(H,33,34,39)/t20-,23+/m1/s1. The number of fused-ring (bicyclic) bond motifs is 1. The van der Waals surface area contributed by atoms with Gasteiger partial charge in [-0.05, 0) is 72.1 Å². The number of likely N-dealkylation sites (tertiary alicyclic amines) is 1. The number of nitrogens with zero attached hydrogens (tertiary/aromatic N) is 5. The van der Waals surface area contributed by atoms with Crippen LogP contribution in [0.1, 0.15) is 35.1 Å². The van der Waals surface area contributed by atoms with Crippen LogP contribution in [0.25, 0.3) is 22.0 Å². The third-order valence-corrected chi connectivity index (χ3v) is 7.24. The maximum Gasteiger partial charge on any atom is 0.248 e. The number of hydrogen-bond donors (Lipinski definition) is 1. The highest BCUT2D eigenvalue weighted by Crippen LogP contribution is 2.32. The molecule has 1 aromatic carbocycles. The van der Waals surface area contributed by atoms with Gasteiger partial charge in [-0.3, -0.25) is 14.4 Å². The largest absolute Gasteiger partial charge is 0.337 e. The molecule has 1 aliphatic rings. The number of benzene rings is 1. The fraction of sp³-hybridized carbons (Fsp3) is 0.286. The number of aromatic nitrogens is 4. The van der Waals surface area contributed by atoms with Gasteiger partial charge in [0.1, 0.15) is 35.0 Å². The predicted molar refractivity (Wildman–Crippen MR) is 148 cm³/mol. The van der Waals surface area contributed by atoms with Gasteiger partial charge in [0.25, 0.3) is 0 Å². The summed E-state index contributed by atoms with van der Waals surface area (Å²) in [5.41, 5.74) is 3.70. The van der Waals surface area contributed by atoms with Crippen LogP contribution in [0.3, 0.4) is 0 Å². The lowest BCUT2D eigenvalue weighted by molar-refractivity contribution is -0.137. The average Bonchev–Trinajstić information content (AvgIpc) is 3.45. The van der Waals surface area contributed by atoms with Crippen LogP contribution in [0.5, 0.6) is 0 Å². The van der Waals surface area contributed by atoms with E-state index in [0.717, 1.165) is 22.2 Å². The minimum Gasteiger partial charge on any atom is -0.337 e. The Kier molecular flexibility index (Phi) is 7.26. The number of nitrogens with one attached hydrogen (secondary N) is 1. The van der Waals surface area contributed by atoms with Crippen molar-refractivity contribution < 1.29 is 18.8 Å². The molecule has 0 saturated carbocycles. The number of amides is 2. The van der Waals surface area contributed by atoms with Gasteiger partial charge < -0.3 is 14.8 Å². The Labute approximate surface area is 232 Å². The fourth-order valence-corrected chi connectivity index (χ4v) is 5.35. The van der Waals surface area contributed by atoms with E-state index in [0.29, 0.717) is 27.2 Å². The Morgan fingerprint density at radius 3 is 2.56 bits per heavy atom. The van der Waals surface area contributed by atoms with Crippen molar-refractivity contribution >= 4 is 50.2 Å². The van der Waals surface area contributed by atoms with E-state index in [1.54, 1.807) is 48.3 Å². The second kappa shape index (κ2) is 10.6. The number of halogens is 2. The lowest BCUT2D eigenvalue weighted by Crippen LogP contribution is -2.44. The lowest BCUT2D eigenvalue weighted by atomic mass is 10.0. The molecule has 4 heterocycles. The van der Waals surface area contributed by atoms with E-state index in [1.807, 2.05) is 19.1 Å². The average molecular weight is 593 g/mol. The molecule has 2 atom stereocenters. The number of alkyl halides is 1. The minimum atomic E-state index is -1.32. The van der Waals surface area contributed by atoms with E-state index >= 15 is 0 Å². The summed E-state index contributed by atoms with van der Waals surface area (Å²) >= 11 is 3.26. The van der Waals surface area contributed by atoms with Gasteiger partial charge in [-0.25, -0.2) is 19.3 Å². The molecule has 0 spiro atoms. The first-order valence-electron chi connectivity index (χ1n) is 12.4. The molecule has 1 aliphatic heterocycles. The summed E-state index contributed by atoms with van der Waals surface area (Å²) in [6.45, 7) is 4.85. The molecule has 200 valence electrons. The molecule has 1 saturated heterocycles. The molecule has 5 rings (SSSR count). The van der Waals surface area contributed by atoms with Crippen LogP contribution in [0.15, 0.2) is 53.5 Å². The second-order valence-electron chi connectivity index (χ2n) is 9.66. The summed E-state index contributed by atoms with van der Waals surface area (Å²) in [5, 5.41) is 3.37. The monoisotopic (exact) mass is 592 g/mol. The van der Waals surface area contributed by atoms with Crippen molar-refractivity contribution in [3.8, 4) is 11.1 Å². The summed E-state index contributed by atoms with van der Waals surface area (Å²) < 4.78 is 16.7. The smallest absolute Gasteiger partial charge is 0.248 e. The van der Waals surface area contributed by atoms with Crippen molar-refractivity contribution in [3.05, 3.63) is 70.5 Å². The zero-order valence-corrected chi connectivity index (χ0v) is 23.2. The number of aryl methyl sites for hydroxylation is 2. The van der Waals surface area contributed by atoms with Crippen molar-refractivity contribution in [3.63, 3.8) is 0 Å². The highest BCUT2D eigenvalue weighted by molar-refractivity contribution is 9.10. The first kappa shape index (κ1) is 26.6. The number of rotatable bonds is 6. The van der Waals surface area contributed by atoms with Gasteiger partial charge in [0, 0.05) is 41.5 Å². The highest BCUT2D eigenvalue weighted by atomic mass is 79.9.